The second-order valence-electron chi connectivity index (χ2n) is 5.08. The first-order valence-corrected chi connectivity index (χ1v) is 6.89. The van der Waals surface area contributed by atoms with E-state index in [1.165, 1.54) is 0 Å². The van der Waals surface area contributed by atoms with Crippen LogP contribution in [0.4, 0.5) is 0 Å². The molecule has 2 aromatic rings. The van der Waals surface area contributed by atoms with Gasteiger partial charge in [0, 0.05) is 5.02 Å². The molecular weight excluding hydrogens is 272 g/mol. The summed E-state index contributed by atoms with van der Waals surface area (Å²) in [6.45, 7) is 3.93. The Labute approximate surface area is 124 Å². The fourth-order valence-electron chi connectivity index (χ4n) is 2.32. The van der Waals surface area contributed by atoms with Crippen LogP contribution in [-0.4, -0.2) is 11.1 Å². The molecule has 20 heavy (non-hydrogen) atoms. The molecule has 0 amide bonds. The Hall–Kier alpha value is -1.80. The fourth-order valence-corrected chi connectivity index (χ4v) is 2.45. The summed E-state index contributed by atoms with van der Waals surface area (Å²) in [5.74, 6) is -1.33. The lowest BCUT2D eigenvalue weighted by atomic mass is 9.88. The minimum Gasteiger partial charge on any atom is -0.481 e. The number of aryl methyl sites for hydroxylation is 2. The predicted octanol–water partition coefficient (Wildman–Crippen LogP) is 4.37. The number of carbonyl (C=O) groups is 1. The van der Waals surface area contributed by atoms with Crippen LogP contribution in [0, 0.1) is 13.8 Å². The summed E-state index contributed by atoms with van der Waals surface area (Å²) in [5.41, 5.74) is 3.94. The molecule has 1 N–H and O–H groups in total. The molecule has 2 rings (SSSR count). The topological polar surface area (TPSA) is 37.3 Å². The quantitative estimate of drug-likeness (QED) is 0.907. The van der Waals surface area contributed by atoms with Gasteiger partial charge in [-0.1, -0.05) is 47.5 Å². The van der Waals surface area contributed by atoms with Gasteiger partial charge in [-0.15, -0.1) is 0 Å². The third-order valence-corrected chi connectivity index (χ3v) is 3.71. The van der Waals surface area contributed by atoms with E-state index in [2.05, 4.69) is 0 Å². The third kappa shape index (κ3) is 3.40. The number of halogens is 1. The molecule has 0 saturated heterocycles. The lowest BCUT2D eigenvalue weighted by Crippen LogP contribution is -2.15. The van der Waals surface area contributed by atoms with E-state index in [9.17, 15) is 9.90 Å². The minimum absolute atomic E-state index is 0.469. The highest BCUT2D eigenvalue weighted by atomic mass is 35.5. The molecule has 0 heterocycles. The van der Waals surface area contributed by atoms with Gasteiger partial charge in [-0.2, -0.15) is 0 Å². The van der Waals surface area contributed by atoms with Crippen LogP contribution in [0.2, 0.25) is 5.02 Å². The van der Waals surface area contributed by atoms with E-state index >= 15 is 0 Å². The predicted molar refractivity (Wildman–Crippen MR) is 81.4 cm³/mol. The number of benzene rings is 2. The van der Waals surface area contributed by atoms with E-state index in [1.54, 1.807) is 12.1 Å². The largest absolute Gasteiger partial charge is 0.481 e. The Morgan fingerprint density at radius 3 is 2.40 bits per heavy atom. The second-order valence-corrected chi connectivity index (χ2v) is 5.52. The van der Waals surface area contributed by atoms with Gasteiger partial charge in [-0.05, 0) is 49.1 Å². The summed E-state index contributed by atoms with van der Waals surface area (Å²) in [5, 5.41) is 10.2. The van der Waals surface area contributed by atoms with Gasteiger partial charge in [0.25, 0.3) is 0 Å². The standard InChI is InChI=1S/C17H17ClO2/c1-11-3-4-12(2)15(9-11)16(17(19)20)10-13-5-7-14(18)8-6-13/h3-9,16H,10H2,1-2H3,(H,19,20). The average Bonchev–Trinajstić information content (AvgIpc) is 2.41. The zero-order valence-corrected chi connectivity index (χ0v) is 12.3. The first-order valence-electron chi connectivity index (χ1n) is 6.52. The molecule has 104 valence electrons. The lowest BCUT2D eigenvalue weighted by molar-refractivity contribution is -0.138. The van der Waals surface area contributed by atoms with Crippen LogP contribution in [0.3, 0.4) is 0 Å². The van der Waals surface area contributed by atoms with Crippen molar-refractivity contribution in [2.75, 3.05) is 0 Å². The zero-order chi connectivity index (χ0) is 14.7. The second kappa shape index (κ2) is 6.10. The van der Waals surface area contributed by atoms with Crippen molar-refractivity contribution in [3.8, 4) is 0 Å². The first kappa shape index (κ1) is 14.6. The summed E-state index contributed by atoms with van der Waals surface area (Å²) < 4.78 is 0. The Morgan fingerprint density at radius 2 is 1.80 bits per heavy atom. The summed E-state index contributed by atoms with van der Waals surface area (Å²) >= 11 is 5.86. The van der Waals surface area contributed by atoms with Crippen LogP contribution in [0.5, 0.6) is 0 Å². The molecule has 2 aromatic carbocycles. The van der Waals surface area contributed by atoms with Gasteiger partial charge in [0.2, 0.25) is 0 Å². The summed E-state index contributed by atoms with van der Waals surface area (Å²) in [6, 6.07) is 13.3. The number of hydrogen-bond acceptors (Lipinski definition) is 1. The maximum absolute atomic E-state index is 11.6. The molecule has 0 bridgehead atoms. The van der Waals surface area contributed by atoms with Crippen LogP contribution < -0.4 is 0 Å². The maximum Gasteiger partial charge on any atom is 0.311 e. The molecule has 0 aliphatic heterocycles. The van der Waals surface area contributed by atoms with Gasteiger partial charge in [0.1, 0.15) is 0 Å². The highest BCUT2D eigenvalue weighted by molar-refractivity contribution is 6.30. The van der Waals surface area contributed by atoms with Gasteiger partial charge in [-0.3, -0.25) is 4.79 Å². The van der Waals surface area contributed by atoms with E-state index in [1.807, 2.05) is 44.2 Å². The van der Waals surface area contributed by atoms with Crippen LogP contribution in [0.1, 0.15) is 28.2 Å². The molecule has 0 spiro atoms. The normalized spacial score (nSPS) is 12.2. The lowest BCUT2D eigenvalue weighted by Gasteiger charge is -2.16. The van der Waals surface area contributed by atoms with Gasteiger partial charge in [-0.25, -0.2) is 0 Å². The number of carboxylic acids is 1. The van der Waals surface area contributed by atoms with E-state index in [0.717, 1.165) is 22.3 Å². The Bertz CT molecular complexity index is 617. The fraction of sp³-hybridized carbons (Fsp3) is 0.235. The van der Waals surface area contributed by atoms with Crippen molar-refractivity contribution in [1.29, 1.82) is 0 Å². The average molecular weight is 289 g/mol. The van der Waals surface area contributed by atoms with Crippen molar-refractivity contribution >= 4 is 17.6 Å². The van der Waals surface area contributed by atoms with Crippen molar-refractivity contribution in [3.05, 3.63) is 69.7 Å². The van der Waals surface area contributed by atoms with E-state index in [0.29, 0.717) is 11.4 Å². The summed E-state index contributed by atoms with van der Waals surface area (Å²) in [4.78, 5) is 11.6. The highest BCUT2D eigenvalue weighted by Gasteiger charge is 2.22. The first-order chi connectivity index (χ1) is 9.47. The molecule has 0 fully saturated rings. The zero-order valence-electron chi connectivity index (χ0n) is 11.6. The van der Waals surface area contributed by atoms with Crippen molar-refractivity contribution in [2.45, 2.75) is 26.2 Å². The summed E-state index contributed by atoms with van der Waals surface area (Å²) in [7, 11) is 0. The van der Waals surface area contributed by atoms with Crippen molar-refractivity contribution in [3.63, 3.8) is 0 Å². The number of rotatable bonds is 4. The smallest absolute Gasteiger partial charge is 0.311 e. The Morgan fingerprint density at radius 1 is 1.15 bits per heavy atom. The van der Waals surface area contributed by atoms with Crippen LogP contribution in [-0.2, 0) is 11.2 Å². The Kier molecular flexibility index (Phi) is 4.46. The van der Waals surface area contributed by atoms with Gasteiger partial charge in [0.05, 0.1) is 5.92 Å². The Balaban J connectivity index is 2.34. The molecule has 0 aliphatic rings. The molecule has 0 radical (unpaired) electrons. The van der Waals surface area contributed by atoms with Gasteiger partial charge >= 0.3 is 5.97 Å². The van der Waals surface area contributed by atoms with Crippen LogP contribution in [0.15, 0.2) is 42.5 Å². The molecule has 3 heteroatoms. The number of aliphatic carboxylic acids is 1. The highest BCUT2D eigenvalue weighted by Crippen LogP contribution is 2.26. The molecule has 0 aromatic heterocycles. The minimum atomic E-state index is -0.798. The van der Waals surface area contributed by atoms with Gasteiger partial charge in [0.15, 0.2) is 0 Å². The van der Waals surface area contributed by atoms with E-state index < -0.39 is 11.9 Å². The van der Waals surface area contributed by atoms with E-state index in [4.69, 9.17) is 11.6 Å². The van der Waals surface area contributed by atoms with Gasteiger partial charge < -0.3 is 5.11 Å². The molecule has 1 atom stereocenters. The van der Waals surface area contributed by atoms with Crippen LogP contribution in [0.25, 0.3) is 0 Å². The van der Waals surface area contributed by atoms with Crippen molar-refractivity contribution < 1.29 is 9.90 Å². The molecule has 0 aliphatic carbocycles. The van der Waals surface area contributed by atoms with Crippen molar-refractivity contribution in [2.24, 2.45) is 0 Å². The molecular formula is C17H17ClO2. The molecule has 2 nitrogen and oxygen atoms in total. The molecule has 0 saturated carbocycles. The third-order valence-electron chi connectivity index (χ3n) is 3.46. The molecule has 1 unspecified atom stereocenters. The number of hydrogen-bond donors (Lipinski definition) is 1. The maximum atomic E-state index is 11.6. The van der Waals surface area contributed by atoms with E-state index in [-0.39, 0.29) is 0 Å². The monoisotopic (exact) mass is 288 g/mol. The van der Waals surface area contributed by atoms with Crippen LogP contribution >= 0.6 is 11.6 Å². The summed E-state index contributed by atoms with van der Waals surface area (Å²) in [6.07, 6.45) is 0.469. The number of carboxylic acid groups (broad SMARTS) is 1. The SMILES string of the molecule is Cc1ccc(C)c(C(Cc2ccc(Cl)cc2)C(=O)O)c1. The van der Waals surface area contributed by atoms with Crippen molar-refractivity contribution in [1.82, 2.24) is 0 Å².